The van der Waals surface area contributed by atoms with Gasteiger partial charge < -0.3 is 0 Å². The maximum Gasteiger partial charge on any atom is 0.204 e. The molecule has 140 valence electrons. The van der Waals surface area contributed by atoms with Crippen molar-refractivity contribution in [1.82, 2.24) is 9.97 Å². The van der Waals surface area contributed by atoms with E-state index in [2.05, 4.69) is 43.2 Å². The molecule has 1 aliphatic rings. The van der Waals surface area contributed by atoms with Crippen molar-refractivity contribution >= 4 is 64.8 Å². The summed E-state index contributed by atoms with van der Waals surface area (Å²) in [6.07, 6.45) is 3.80. The predicted octanol–water partition coefficient (Wildman–Crippen LogP) is 5.72. The quantitative estimate of drug-likeness (QED) is 0.425. The highest BCUT2D eigenvalue weighted by Gasteiger charge is 2.14. The molecule has 0 spiro atoms. The molecule has 2 aromatic heterocycles. The van der Waals surface area contributed by atoms with E-state index in [9.17, 15) is 0 Å². The van der Waals surface area contributed by atoms with Gasteiger partial charge in [-0.2, -0.15) is 10.2 Å². The fourth-order valence-corrected chi connectivity index (χ4v) is 4.81. The third-order valence-electron chi connectivity index (χ3n) is 4.55. The molecule has 1 fully saturated rings. The normalized spacial score (nSPS) is 17.6. The smallest absolute Gasteiger partial charge is 0.204 e. The number of fused-ring (bicyclic) bond motifs is 2. The van der Waals surface area contributed by atoms with Crippen molar-refractivity contribution in [2.45, 2.75) is 25.7 Å². The first kappa shape index (κ1) is 17.3. The Morgan fingerprint density at radius 1 is 0.714 bits per heavy atom. The summed E-state index contributed by atoms with van der Waals surface area (Å²) in [6, 6.07) is 16.2. The van der Waals surface area contributed by atoms with Gasteiger partial charge in [0.15, 0.2) is 0 Å². The van der Waals surface area contributed by atoms with E-state index in [0.29, 0.717) is 0 Å². The van der Waals surface area contributed by atoms with Crippen molar-refractivity contribution in [3.05, 3.63) is 48.5 Å². The molecule has 0 saturated heterocycles. The van der Waals surface area contributed by atoms with Crippen LogP contribution in [-0.2, 0) is 0 Å². The van der Waals surface area contributed by atoms with Crippen molar-refractivity contribution < 1.29 is 0 Å². The van der Waals surface area contributed by atoms with E-state index in [4.69, 9.17) is 0 Å². The predicted molar refractivity (Wildman–Crippen MR) is 120 cm³/mol. The molecule has 0 radical (unpaired) electrons. The summed E-state index contributed by atoms with van der Waals surface area (Å²) >= 11 is 3.23. The minimum Gasteiger partial charge on any atom is -0.253 e. The number of anilines is 2. The number of hydrazone groups is 2. The van der Waals surface area contributed by atoms with Gasteiger partial charge in [-0.05, 0) is 43.5 Å². The molecule has 28 heavy (non-hydrogen) atoms. The van der Waals surface area contributed by atoms with Gasteiger partial charge in [0, 0.05) is 17.8 Å². The van der Waals surface area contributed by atoms with E-state index < -0.39 is 0 Å². The lowest BCUT2D eigenvalue weighted by Gasteiger charge is -2.15. The summed E-state index contributed by atoms with van der Waals surface area (Å²) in [5.74, 6) is 0. The zero-order valence-corrected chi connectivity index (χ0v) is 16.7. The van der Waals surface area contributed by atoms with Gasteiger partial charge in [-0.15, -0.1) is 0 Å². The summed E-state index contributed by atoms with van der Waals surface area (Å²) in [6.45, 7) is 0. The van der Waals surface area contributed by atoms with Crippen molar-refractivity contribution in [2.75, 3.05) is 10.9 Å². The monoisotopic (exact) mass is 406 g/mol. The van der Waals surface area contributed by atoms with Gasteiger partial charge in [-0.1, -0.05) is 46.9 Å². The van der Waals surface area contributed by atoms with Crippen molar-refractivity contribution in [3.8, 4) is 0 Å². The fraction of sp³-hybridized carbons (Fsp3) is 0.200. The number of benzene rings is 2. The fourth-order valence-electron chi connectivity index (χ4n) is 3.19. The van der Waals surface area contributed by atoms with E-state index in [0.717, 1.165) is 67.8 Å². The number of thiazole rings is 2. The Morgan fingerprint density at radius 3 is 1.71 bits per heavy atom. The molecule has 2 N–H and O–H groups in total. The van der Waals surface area contributed by atoms with Crippen molar-refractivity contribution in [1.29, 1.82) is 0 Å². The lowest BCUT2D eigenvalue weighted by molar-refractivity contribution is 0.867. The Bertz CT molecular complexity index is 1030. The molecule has 8 heteroatoms. The van der Waals surface area contributed by atoms with Crippen LogP contribution in [0.15, 0.2) is 58.7 Å². The summed E-state index contributed by atoms with van der Waals surface area (Å²) in [5, 5.41) is 10.8. The molecule has 2 aromatic carbocycles. The average Bonchev–Trinajstić information content (AvgIpc) is 3.34. The molecular formula is C20H18N6S2. The van der Waals surface area contributed by atoms with Crippen molar-refractivity contribution in [2.24, 2.45) is 10.2 Å². The number of para-hydroxylation sites is 2. The van der Waals surface area contributed by atoms with E-state index in [-0.39, 0.29) is 0 Å². The first-order valence-electron chi connectivity index (χ1n) is 9.17. The Labute approximate surface area is 170 Å². The van der Waals surface area contributed by atoms with Crippen LogP contribution in [0.1, 0.15) is 25.7 Å². The minimum absolute atomic E-state index is 0.774. The Balaban J connectivity index is 1.25. The van der Waals surface area contributed by atoms with E-state index in [1.165, 1.54) is 0 Å². The second-order valence-electron chi connectivity index (χ2n) is 6.58. The highest BCUT2D eigenvalue weighted by Crippen LogP contribution is 2.27. The third-order valence-corrected chi connectivity index (χ3v) is 6.43. The largest absolute Gasteiger partial charge is 0.253 e. The van der Waals surface area contributed by atoms with Gasteiger partial charge in [0.25, 0.3) is 0 Å². The van der Waals surface area contributed by atoms with Crippen molar-refractivity contribution in [3.63, 3.8) is 0 Å². The summed E-state index contributed by atoms with van der Waals surface area (Å²) < 4.78 is 2.33. The van der Waals surface area contributed by atoms with Gasteiger partial charge in [-0.25, -0.2) is 9.97 Å². The van der Waals surface area contributed by atoms with Crippen LogP contribution in [0.3, 0.4) is 0 Å². The molecule has 1 saturated carbocycles. The maximum absolute atomic E-state index is 4.58. The van der Waals surface area contributed by atoms with Crippen LogP contribution in [0.25, 0.3) is 20.4 Å². The number of rotatable bonds is 4. The summed E-state index contributed by atoms with van der Waals surface area (Å²) in [4.78, 5) is 9.13. The van der Waals surface area contributed by atoms with Gasteiger partial charge in [-0.3, -0.25) is 10.9 Å². The third kappa shape index (κ3) is 3.74. The SMILES string of the molecule is c1ccc2sc(N/N=C3/CCC/C(=N/Nc4nc5ccccc5s4)C3)nc2c1. The standard InChI is InChI=1S/C20H18N6S2/c1-3-10-17-15(8-1)21-19(27-17)25-23-13-6-5-7-14(12-13)24-26-20-22-16-9-2-4-11-18(16)28-20/h1-4,8-11H,5-7,12H2,(H,21,25)(H,22,26)/b23-13-,24-14-. The van der Waals surface area contributed by atoms with E-state index >= 15 is 0 Å². The van der Waals surface area contributed by atoms with Gasteiger partial charge in [0.1, 0.15) is 0 Å². The second kappa shape index (κ2) is 7.65. The first-order valence-corrected chi connectivity index (χ1v) is 10.8. The highest BCUT2D eigenvalue weighted by atomic mass is 32.1. The van der Waals surface area contributed by atoms with E-state index in [1.807, 2.05) is 36.4 Å². The Hall–Kier alpha value is -2.84. The van der Waals surface area contributed by atoms with Crippen LogP contribution >= 0.6 is 22.7 Å². The molecule has 0 aliphatic heterocycles. The molecule has 4 aromatic rings. The molecule has 2 heterocycles. The second-order valence-corrected chi connectivity index (χ2v) is 8.64. The van der Waals surface area contributed by atoms with Crippen LogP contribution in [0.4, 0.5) is 10.3 Å². The number of hydrogen-bond acceptors (Lipinski definition) is 8. The van der Waals surface area contributed by atoms with E-state index in [1.54, 1.807) is 22.7 Å². The van der Waals surface area contributed by atoms with Gasteiger partial charge >= 0.3 is 0 Å². The summed E-state index contributed by atoms with van der Waals surface area (Å²) in [7, 11) is 0. The molecule has 0 atom stereocenters. The lowest BCUT2D eigenvalue weighted by Crippen LogP contribution is -2.17. The molecule has 5 rings (SSSR count). The summed E-state index contributed by atoms with van der Waals surface area (Å²) in [5.41, 5.74) is 10.5. The molecule has 1 aliphatic carbocycles. The topological polar surface area (TPSA) is 74.6 Å². The zero-order chi connectivity index (χ0) is 18.8. The number of nitrogens with one attached hydrogen (secondary N) is 2. The molecule has 0 bridgehead atoms. The molecule has 0 amide bonds. The van der Waals surface area contributed by atoms with Crippen LogP contribution in [0.2, 0.25) is 0 Å². The Kier molecular flexibility index (Phi) is 4.72. The minimum atomic E-state index is 0.774. The van der Waals surface area contributed by atoms with Crippen LogP contribution in [0.5, 0.6) is 0 Å². The number of aromatic nitrogens is 2. The van der Waals surface area contributed by atoms with Gasteiger partial charge in [0.2, 0.25) is 10.3 Å². The van der Waals surface area contributed by atoms with Crippen LogP contribution in [-0.4, -0.2) is 21.4 Å². The first-order chi connectivity index (χ1) is 13.8. The zero-order valence-electron chi connectivity index (χ0n) is 15.1. The Morgan fingerprint density at radius 2 is 1.21 bits per heavy atom. The molecule has 0 unspecified atom stereocenters. The lowest BCUT2D eigenvalue weighted by atomic mass is 9.97. The highest BCUT2D eigenvalue weighted by molar-refractivity contribution is 7.22. The number of hydrogen-bond donors (Lipinski definition) is 2. The van der Waals surface area contributed by atoms with Crippen LogP contribution < -0.4 is 10.9 Å². The van der Waals surface area contributed by atoms with Gasteiger partial charge in [0.05, 0.1) is 20.4 Å². The maximum atomic E-state index is 4.58. The average molecular weight is 407 g/mol. The van der Waals surface area contributed by atoms with Crippen LogP contribution in [0, 0.1) is 0 Å². The molecular weight excluding hydrogens is 388 g/mol. The number of nitrogens with zero attached hydrogens (tertiary/aromatic N) is 4. The molecule has 6 nitrogen and oxygen atoms in total.